The summed E-state index contributed by atoms with van der Waals surface area (Å²) in [5, 5.41) is 23.7. The Morgan fingerprint density at radius 2 is 1.58 bits per heavy atom. The van der Waals surface area contributed by atoms with Gasteiger partial charge in [-0.25, -0.2) is 0 Å². The van der Waals surface area contributed by atoms with Gasteiger partial charge in [0.1, 0.15) is 3.42 Å². The van der Waals surface area contributed by atoms with Crippen LogP contribution in [0.5, 0.6) is 0 Å². The molecule has 2 saturated carbocycles. The van der Waals surface area contributed by atoms with Gasteiger partial charge in [0.15, 0.2) is 0 Å². The van der Waals surface area contributed by atoms with Crippen LogP contribution in [0.25, 0.3) is 0 Å². The molecule has 0 aliphatic heterocycles. The van der Waals surface area contributed by atoms with Crippen molar-refractivity contribution >= 4 is 28.6 Å². The SMILES string of the molecule is CCC(C)(I)C(=O)OCCC1(C(O)(CC)CC)CC2CCCC(C(O)(CC)CC)(C2)C1. The van der Waals surface area contributed by atoms with E-state index in [2.05, 4.69) is 50.3 Å². The molecule has 182 valence electrons. The predicted molar refractivity (Wildman–Crippen MR) is 135 cm³/mol. The molecule has 0 aromatic rings. The van der Waals surface area contributed by atoms with Crippen LogP contribution >= 0.6 is 22.6 Å². The number of hydrogen-bond acceptors (Lipinski definition) is 4. The average Bonchev–Trinajstić information content (AvgIpc) is 2.77. The predicted octanol–water partition coefficient (Wildman–Crippen LogP) is 6.58. The fourth-order valence-electron chi connectivity index (χ4n) is 7.09. The number of aliphatic hydroxyl groups is 2. The number of carbonyl (C=O) groups is 1. The molecule has 0 aromatic heterocycles. The van der Waals surface area contributed by atoms with Gasteiger partial charge in [-0.3, -0.25) is 4.79 Å². The second-order valence-electron chi connectivity index (χ2n) is 10.8. The van der Waals surface area contributed by atoms with Crippen LogP contribution in [0.1, 0.15) is 119 Å². The monoisotopic (exact) mass is 550 g/mol. The quantitative estimate of drug-likeness (QED) is 0.173. The second kappa shape index (κ2) is 10.2. The summed E-state index contributed by atoms with van der Waals surface area (Å²) in [7, 11) is 0. The number of esters is 1. The molecular weight excluding hydrogens is 503 g/mol. The Labute approximate surface area is 204 Å². The maximum atomic E-state index is 12.6. The zero-order valence-electron chi connectivity index (χ0n) is 20.9. The minimum absolute atomic E-state index is 0.152. The number of rotatable bonds is 11. The molecule has 4 atom stereocenters. The lowest BCUT2D eigenvalue weighted by atomic mass is 9.44. The van der Waals surface area contributed by atoms with Gasteiger partial charge < -0.3 is 14.9 Å². The normalized spacial score (nSPS) is 31.2. The summed E-state index contributed by atoms with van der Waals surface area (Å²) >= 11 is 2.18. The average molecular weight is 551 g/mol. The van der Waals surface area contributed by atoms with E-state index in [9.17, 15) is 15.0 Å². The highest BCUT2D eigenvalue weighted by atomic mass is 127. The minimum atomic E-state index is -0.804. The first-order chi connectivity index (χ1) is 14.4. The number of hydrogen-bond donors (Lipinski definition) is 2. The van der Waals surface area contributed by atoms with E-state index in [1.54, 1.807) is 0 Å². The van der Waals surface area contributed by atoms with E-state index < -0.39 is 14.6 Å². The van der Waals surface area contributed by atoms with Gasteiger partial charge in [0.2, 0.25) is 0 Å². The summed E-state index contributed by atoms with van der Waals surface area (Å²) in [6.45, 7) is 12.7. The second-order valence-corrected chi connectivity index (χ2v) is 13.2. The van der Waals surface area contributed by atoms with Gasteiger partial charge in [0.25, 0.3) is 0 Å². The highest BCUT2D eigenvalue weighted by Crippen LogP contribution is 2.65. The molecule has 0 amide bonds. The minimum Gasteiger partial charge on any atom is -0.465 e. The van der Waals surface area contributed by atoms with E-state index in [0.29, 0.717) is 31.8 Å². The van der Waals surface area contributed by atoms with Crippen LogP contribution in [0.3, 0.4) is 0 Å². The molecule has 2 fully saturated rings. The van der Waals surface area contributed by atoms with E-state index in [4.69, 9.17) is 4.74 Å². The molecule has 0 radical (unpaired) electrons. The highest BCUT2D eigenvalue weighted by Gasteiger charge is 2.62. The Kier molecular flexibility index (Phi) is 8.98. The van der Waals surface area contributed by atoms with Crippen LogP contribution in [-0.2, 0) is 9.53 Å². The lowest BCUT2D eigenvalue weighted by molar-refractivity contribution is -0.215. The van der Waals surface area contributed by atoms with E-state index >= 15 is 0 Å². The van der Waals surface area contributed by atoms with Gasteiger partial charge in [-0.05, 0) is 82.5 Å². The summed E-state index contributed by atoms with van der Waals surface area (Å²) in [5.41, 5.74) is -1.98. The Morgan fingerprint density at radius 3 is 2.10 bits per heavy atom. The number of halogens is 1. The van der Waals surface area contributed by atoms with Gasteiger partial charge in [-0.2, -0.15) is 0 Å². The zero-order valence-corrected chi connectivity index (χ0v) is 23.0. The molecule has 0 heterocycles. The topological polar surface area (TPSA) is 66.8 Å². The van der Waals surface area contributed by atoms with Crippen LogP contribution in [0.4, 0.5) is 0 Å². The summed E-state index contributed by atoms with van der Waals surface area (Å²) in [6, 6.07) is 0. The Hall–Kier alpha value is 0.120. The Morgan fingerprint density at radius 1 is 1.00 bits per heavy atom. The molecule has 0 spiro atoms. The molecule has 5 heteroatoms. The number of alkyl halides is 1. The van der Waals surface area contributed by atoms with Crippen LogP contribution in [-0.4, -0.2) is 37.4 Å². The molecule has 0 saturated heterocycles. The third-order valence-electron chi connectivity index (χ3n) is 9.52. The van der Waals surface area contributed by atoms with E-state index in [0.717, 1.165) is 44.9 Å². The summed E-state index contributed by atoms with van der Waals surface area (Å²) < 4.78 is 5.27. The van der Waals surface area contributed by atoms with Gasteiger partial charge in [0, 0.05) is 5.41 Å². The summed E-state index contributed by atoms with van der Waals surface area (Å²) in [6.07, 6.45) is 10.5. The van der Waals surface area contributed by atoms with Gasteiger partial charge in [0.05, 0.1) is 17.8 Å². The molecule has 4 nitrogen and oxygen atoms in total. The summed E-state index contributed by atoms with van der Waals surface area (Å²) in [4.78, 5) is 12.6. The molecule has 2 aliphatic carbocycles. The number of ether oxygens (including phenoxy) is 1. The lowest BCUT2D eigenvalue weighted by Crippen LogP contribution is -2.61. The first kappa shape index (κ1) is 27.4. The van der Waals surface area contributed by atoms with Crippen molar-refractivity contribution in [3.8, 4) is 0 Å². The molecule has 2 N–H and O–H groups in total. The van der Waals surface area contributed by atoms with Crippen LogP contribution in [0.2, 0.25) is 0 Å². The van der Waals surface area contributed by atoms with Crippen LogP contribution < -0.4 is 0 Å². The van der Waals surface area contributed by atoms with Crippen molar-refractivity contribution in [1.82, 2.24) is 0 Å². The van der Waals surface area contributed by atoms with Crippen molar-refractivity contribution in [3.05, 3.63) is 0 Å². The maximum absolute atomic E-state index is 12.6. The van der Waals surface area contributed by atoms with Crippen molar-refractivity contribution < 1.29 is 19.7 Å². The van der Waals surface area contributed by atoms with Crippen molar-refractivity contribution in [3.63, 3.8) is 0 Å². The Balaban J connectivity index is 2.40. The molecule has 0 aromatic carbocycles. The third kappa shape index (κ3) is 4.99. The molecule has 4 unspecified atom stereocenters. The van der Waals surface area contributed by atoms with Crippen molar-refractivity contribution in [2.75, 3.05) is 6.61 Å². The molecule has 2 aliphatic rings. The largest absolute Gasteiger partial charge is 0.465 e. The van der Waals surface area contributed by atoms with Crippen molar-refractivity contribution in [1.29, 1.82) is 0 Å². The van der Waals surface area contributed by atoms with Crippen molar-refractivity contribution in [2.24, 2.45) is 16.7 Å². The van der Waals surface area contributed by atoms with Crippen molar-refractivity contribution in [2.45, 2.75) is 133 Å². The van der Waals surface area contributed by atoms with Crippen LogP contribution in [0.15, 0.2) is 0 Å². The number of fused-ring (bicyclic) bond motifs is 2. The van der Waals surface area contributed by atoms with Gasteiger partial charge in [-0.1, -0.05) is 70.1 Å². The first-order valence-corrected chi connectivity index (χ1v) is 13.8. The molecular formula is C26H47IO4. The highest BCUT2D eigenvalue weighted by molar-refractivity contribution is 14.1. The summed E-state index contributed by atoms with van der Waals surface area (Å²) in [5.74, 6) is 0.365. The molecule has 2 rings (SSSR count). The first-order valence-electron chi connectivity index (χ1n) is 12.7. The molecule has 31 heavy (non-hydrogen) atoms. The molecule has 2 bridgehead atoms. The smallest absolute Gasteiger partial charge is 0.321 e. The fourth-order valence-corrected chi connectivity index (χ4v) is 7.25. The van der Waals surface area contributed by atoms with Crippen LogP contribution in [0, 0.1) is 16.7 Å². The fraction of sp³-hybridized carbons (Fsp3) is 0.962. The van der Waals surface area contributed by atoms with Gasteiger partial charge in [-0.15, -0.1) is 0 Å². The Bertz CT molecular complexity index is 611. The third-order valence-corrected chi connectivity index (χ3v) is 10.7. The van der Waals surface area contributed by atoms with E-state index in [1.807, 2.05) is 13.8 Å². The standard InChI is InChI=1S/C26H47IO4/c1-7-22(6,27)21(28)31-16-15-24(26(30,10-4)11-5)18-20-13-12-14-23(17-20,19-24)25(29,8-2)9-3/h20,29-30H,7-19H2,1-6H3. The maximum Gasteiger partial charge on any atom is 0.321 e. The van der Waals surface area contributed by atoms with E-state index in [-0.39, 0.29) is 16.8 Å². The van der Waals surface area contributed by atoms with Gasteiger partial charge >= 0.3 is 5.97 Å². The van der Waals surface area contributed by atoms with E-state index in [1.165, 1.54) is 12.8 Å². The number of carbonyl (C=O) groups excluding carboxylic acids is 1. The zero-order chi connectivity index (χ0) is 23.6. The lowest BCUT2D eigenvalue weighted by Gasteiger charge is -2.63.